The van der Waals surface area contributed by atoms with Crippen LogP contribution in [0.25, 0.3) is 0 Å². The van der Waals surface area contributed by atoms with E-state index in [4.69, 9.17) is 10.5 Å². The number of nitrogens with two attached hydrogens (primary N) is 1. The van der Waals surface area contributed by atoms with Crippen molar-refractivity contribution in [3.05, 3.63) is 83.4 Å². The summed E-state index contributed by atoms with van der Waals surface area (Å²) in [5.74, 6) is 1.60. The zero-order chi connectivity index (χ0) is 20.5. The SMILES string of the molecule is Cc1cnc(CN(CCCCN)Cc2ncccc2Oc2ccccc2)c(C)c1. The molecule has 3 aromatic rings. The average Bonchev–Trinajstić information content (AvgIpc) is 2.72. The van der Waals surface area contributed by atoms with Crippen LogP contribution in [0.5, 0.6) is 11.5 Å². The van der Waals surface area contributed by atoms with Crippen molar-refractivity contribution in [3.8, 4) is 11.5 Å². The number of para-hydroxylation sites is 1. The van der Waals surface area contributed by atoms with Gasteiger partial charge in [0, 0.05) is 25.5 Å². The molecule has 29 heavy (non-hydrogen) atoms. The van der Waals surface area contributed by atoms with Crippen molar-refractivity contribution >= 4 is 0 Å². The third-order valence-electron chi connectivity index (χ3n) is 4.82. The average molecular weight is 391 g/mol. The predicted octanol–water partition coefficient (Wildman–Crippen LogP) is 4.63. The first-order valence-corrected chi connectivity index (χ1v) is 10.2. The monoisotopic (exact) mass is 390 g/mol. The topological polar surface area (TPSA) is 64.3 Å². The summed E-state index contributed by atoms with van der Waals surface area (Å²) >= 11 is 0. The van der Waals surface area contributed by atoms with Crippen LogP contribution in [0.3, 0.4) is 0 Å². The van der Waals surface area contributed by atoms with E-state index in [-0.39, 0.29) is 0 Å². The summed E-state index contributed by atoms with van der Waals surface area (Å²) in [5.41, 5.74) is 10.1. The fourth-order valence-electron chi connectivity index (χ4n) is 3.28. The molecule has 0 fully saturated rings. The fourth-order valence-corrected chi connectivity index (χ4v) is 3.28. The second-order valence-electron chi connectivity index (χ2n) is 7.35. The molecule has 0 radical (unpaired) electrons. The predicted molar refractivity (Wildman–Crippen MR) is 117 cm³/mol. The largest absolute Gasteiger partial charge is 0.455 e. The van der Waals surface area contributed by atoms with Gasteiger partial charge in [-0.05, 0) is 75.2 Å². The minimum absolute atomic E-state index is 0.697. The highest BCUT2D eigenvalue weighted by molar-refractivity contribution is 5.33. The number of aryl methyl sites for hydroxylation is 2. The van der Waals surface area contributed by atoms with Gasteiger partial charge in [0.15, 0.2) is 0 Å². The summed E-state index contributed by atoms with van der Waals surface area (Å²) in [5, 5.41) is 0. The van der Waals surface area contributed by atoms with Gasteiger partial charge in [0.25, 0.3) is 0 Å². The zero-order valence-corrected chi connectivity index (χ0v) is 17.3. The summed E-state index contributed by atoms with van der Waals surface area (Å²) in [6.45, 7) is 7.32. The molecule has 0 aliphatic rings. The molecule has 0 aliphatic heterocycles. The molecule has 2 N–H and O–H groups in total. The van der Waals surface area contributed by atoms with Crippen LogP contribution in [0.2, 0.25) is 0 Å². The van der Waals surface area contributed by atoms with Crippen molar-refractivity contribution in [2.75, 3.05) is 13.1 Å². The lowest BCUT2D eigenvalue weighted by Gasteiger charge is -2.23. The number of nitrogens with zero attached hydrogens (tertiary/aromatic N) is 3. The van der Waals surface area contributed by atoms with Crippen LogP contribution < -0.4 is 10.5 Å². The molecule has 5 heteroatoms. The molecule has 5 nitrogen and oxygen atoms in total. The summed E-state index contributed by atoms with van der Waals surface area (Å²) in [6, 6.07) is 15.9. The molecule has 0 spiro atoms. The summed E-state index contributed by atoms with van der Waals surface area (Å²) in [4.78, 5) is 11.6. The maximum Gasteiger partial charge on any atom is 0.150 e. The van der Waals surface area contributed by atoms with Gasteiger partial charge in [0.2, 0.25) is 0 Å². The van der Waals surface area contributed by atoms with Gasteiger partial charge in [-0.25, -0.2) is 0 Å². The second-order valence-corrected chi connectivity index (χ2v) is 7.35. The number of benzene rings is 1. The summed E-state index contributed by atoms with van der Waals surface area (Å²) < 4.78 is 6.10. The molecular weight excluding hydrogens is 360 g/mol. The van der Waals surface area contributed by atoms with Crippen molar-refractivity contribution in [2.45, 2.75) is 39.8 Å². The number of hydrogen-bond acceptors (Lipinski definition) is 5. The highest BCUT2D eigenvalue weighted by atomic mass is 16.5. The highest BCUT2D eigenvalue weighted by Crippen LogP contribution is 2.25. The Morgan fingerprint density at radius 3 is 2.48 bits per heavy atom. The number of pyridine rings is 2. The maximum absolute atomic E-state index is 6.10. The number of rotatable bonds is 10. The Hall–Kier alpha value is -2.76. The van der Waals surface area contributed by atoms with Crippen LogP contribution in [0, 0.1) is 13.8 Å². The van der Waals surface area contributed by atoms with E-state index < -0.39 is 0 Å². The van der Waals surface area contributed by atoms with Gasteiger partial charge >= 0.3 is 0 Å². The smallest absolute Gasteiger partial charge is 0.150 e. The van der Waals surface area contributed by atoms with E-state index in [0.717, 1.165) is 48.8 Å². The maximum atomic E-state index is 6.10. The van der Waals surface area contributed by atoms with Gasteiger partial charge in [-0.1, -0.05) is 24.3 Å². The minimum Gasteiger partial charge on any atom is -0.455 e. The molecule has 1 aromatic carbocycles. The Balaban J connectivity index is 1.78. The van der Waals surface area contributed by atoms with E-state index >= 15 is 0 Å². The molecule has 3 rings (SSSR count). The molecule has 152 valence electrons. The van der Waals surface area contributed by atoms with Crippen LogP contribution in [-0.2, 0) is 13.1 Å². The molecule has 0 saturated carbocycles. The molecular formula is C24H30N4O. The third-order valence-corrected chi connectivity index (χ3v) is 4.82. The van der Waals surface area contributed by atoms with Crippen molar-refractivity contribution < 1.29 is 4.74 Å². The molecule has 2 heterocycles. The molecule has 0 amide bonds. The Bertz CT molecular complexity index is 898. The van der Waals surface area contributed by atoms with Crippen LogP contribution in [0.4, 0.5) is 0 Å². The Labute approximate surface area is 173 Å². The first-order chi connectivity index (χ1) is 14.2. The molecule has 0 saturated heterocycles. The van der Waals surface area contributed by atoms with Gasteiger partial charge in [0.1, 0.15) is 11.5 Å². The number of ether oxygens (including phenoxy) is 1. The van der Waals surface area contributed by atoms with Crippen LogP contribution in [-0.4, -0.2) is 28.0 Å². The summed E-state index contributed by atoms with van der Waals surface area (Å²) in [7, 11) is 0. The molecule has 0 unspecified atom stereocenters. The van der Waals surface area contributed by atoms with Gasteiger partial charge in [-0.15, -0.1) is 0 Å². The van der Waals surface area contributed by atoms with Crippen LogP contribution in [0.1, 0.15) is 35.4 Å². The quantitative estimate of drug-likeness (QED) is 0.512. The first-order valence-electron chi connectivity index (χ1n) is 10.2. The number of unbranched alkanes of at least 4 members (excludes halogenated alkanes) is 1. The third kappa shape index (κ3) is 6.38. The van der Waals surface area contributed by atoms with Crippen molar-refractivity contribution in [1.29, 1.82) is 0 Å². The Morgan fingerprint density at radius 2 is 1.72 bits per heavy atom. The van der Waals surface area contributed by atoms with E-state index in [1.54, 1.807) is 0 Å². The summed E-state index contributed by atoms with van der Waals surface area (Å²) in [6.07, 6.45) is 5.81. The van der Waals surface area contributed by atoms with E-state index in [1.165, 1.54) is 11.1 Å². The van der Waals surface area contributed by atoms with E-state index in [9.17, 15) is 0 Å². The lowest BCUT2D eigenvalue weighted by molar-refractivity contribution is 0.242. The van der Waals surface area contributed by atoms with Gasteiger partial charge in [-0.2, -0.15) is 0 Å². The highest BCUT2D eigenvalue weighted by Gasteiger charge is 2.14. The Kier molecular flexibility index (Phi) is 7.73. The van der Waals surface area contributed by atoms with Crippen molar-refractivity contribution in [3.63, 3.8) is 0 Å². The fraction of sp³-hybridized carbons (Fsp3) is 0.333. The second kappa shape index (κ2) is 10.7. The zero-order valence-electron chi connectivity index (χ0n) is 17.3. The molecule has 0 aliphatic carbocycles. The molecule has 0 atom stereocenters. The molecule has 0 bridgehead atoms. The van der Waals surface area contributed by atoms with Crippen LogP contribution in [0.15, 0.2) is 60.9 Å². The molecule has 2 aromatic heterocycles. The van der Waals surface area contributed by atoms with Crippen molar-refractivity contribution in [1.82, 2.24) is 14.9 Å². The van der Waals surface area contributed by atoms with Crippen LogP contribution >= 0.6 is 0 Å². The normalized spacial score (nSPS) is 11.0. The number of aromatic nitrogens is 2. The number of hydrogen-bond donors (Lipinski definition) is 1. The lowest BCUT2D eigenvalue weighted by atomic mass is 10.1. The van der Waals surface area contributed by atoms with E-state index in [0.29, 0.717) is 13.1 Å². The first kappa shape index (κ1) is 21.0. The van der Waals surface area contributed by atoms with E-state index in [1.807, 2.05) is 54.9 Å². The lowest BCUT2D eigenvalue weighted by Crippen LogP contribution is -2.26. The van der Waals surface area contributed by atoms with Gasteiger partial charge < -0.3 is 10.5 Å². The van der Waals surface area contributed by atoms with Gasteiger partial charge in [-0.3, -0.25) is 14.9 Å². The Morgan fingerprint density at radius 1 is 0.931 bits per heavy atom. The standard InChI is InChI=1S/C24H30N4O/c1-19-15-20(2)22(27-16-19)17-28(14-7-6-12-25)18-23-24(11-8-13-26-23)29-21-9-4-3-5-10-21/h3-5,8-11,13,15-16H,6-7,12,14,17-18,25H2,1-2H3. The van der Waals surface area contributed by atoms with Gasteiger partial charge in [0.05, 0.1) is 11.4 Å². The van der Waals surface area contributed by atoms with Crippen molar-refractivity contribution in [2.24, 2.45) is 5.73 Å². The van der Waals surface area contributed by atoms with E-state index in [2.05, 4.69) is 34.8 Å². The minimum atomic E-state index is 0.697.